The molecule has 0 spiro atoms. The Balaban J connectivity index is 2.34. The molecular weight excluding hydrogens is 224 g/mol. The third-order valence-electron chi connectivity index (χ3n) is 3.49. The van der Waals surface area contributed by atoms with E-state index in [-0.39, 0.29) is 11.8 Å². The molecule has 2 rings (SSSR count). The fourth-order valence-corrected chi connectivity index (χ4v) is 2.43. The van der Waals surface area contributed by atoms with Crippen LogP contribution in [0.3, 0.4) is 0 Å². The van der Waals surface area contributed by atoms with Crippen molar-refractivity contribution in [2.24, 2.45) is 7.05 Å². The zero-order valence-electron chi connectivity index (χ0n) is 11.2. The zero-order chi connectivity index (χ0) is 13.1. The van der Waals surface area contributed by atoms with E-state index in [4.69, 9.17) is 0 Å². The van der Waals surface area contributed by atoms with E-state index in [2.05, 4.69) is 28.2 Å². The quantitative estimate of drug-likeness (QED) is 0.875. The van der Waals surface area contributed by atoms with Crippen LogP contribution in [0.15, 0.2) is 30.5 Å². The van der Waals surface area contributed by atoms with E-state index >= 15 is 0 Å². The van der Waals surface area contributed by atoms with Crippen molar-refractivity contribution >= 4 is 16.7 Å². The number of aromatic nitrogens is 1. The number of hydrogen-bond acceptors (Lipinski definition) is 2. The van der Waals surface area contributed by atoms with E-state index < -0.39 is 0 Å². The van der Waals surface area contributed by atoms with Gasteiger partial charge in [-0.1, -0.05) is 25.1 Å². The smallest absolute Gasteiger partial charge is 0.149 e. The van der Waals surface area contributed by atoms with E-state index in [0.717, 1.165) is 6.42 Å². The molecule has 3 nitrogen and oxygen atoms in total. The van der Waals surface area contributed by atoms with Crippen LogP contribution in [0.4, 0.5) is 0 Å². The van der Waals surface area contributed by atoms with Crippen LogP contribution in [0.5, 0.6) is 0 Å². The number of hydrogen-bond donors (Lipinski definition) is 1. The minimum Gasteiger partial charge on any atom is -0.350 e. The topological polar surface area (TPSA) is 34.0 Å². The average molecular weight is 244 g/mol. The van der Waals surface area contributed by atoms with E-state index in [9.17, 15) is 4.79 Å². The van der Waals surface area contributed by atoms with Crippen LogP contribution in [0.25, 0.3) is 10.9 Å². The number of fused-ring (bicyclic) bond motifs is 1. The van der Waals surface area contributed by atoms with Gasteiger partial charge in [0.1, 0.15) is 5.78 Å². The van der Waals surface area contributed by atoms with Gasteiger partial charge in [-0.05, 0) is 25.1 Å². The molecule has 1 unspecified atom stereocenters. The fourth-order valence-electron chi connectivity index (χ4n) is 2.43. The van der Waals surface area contributed by atoms with Crippen LogP contribution < -0.4 is 5.32 Å². The highest BCUT2D eigenvalue weighted by Crippen LogP contribution is 2.21. The molecule has 96 valence electrons. The van der Waals surface area contributed by atoms with Crippen molar-refractivity contribution in [2.75, 3.05) is 7.05 Å². The van der Waals surface area contributed by atoms with Crippen molar-refractivity contribution in [1.82, 2.24) is 9.88 Å². The summed E-state index contributed by atoms with van der Waals surface area (Å²) in [6.45, 7) is 1.91. The van der Waals surface area contributed by atoms with Gasteiger partial charge in [0.2, 0.25) is 0 Å². The maximum absolute atomic E-state index is 11.8. The average Bonchev–Trinajstić information content (AvgIpc) is 2.72. The van der Waals surface area contributed by atoms with Crippen molar-refractivity contribution < 1.29 is 4.79 Å². The van der Waals surface area contributed by atoms with Crippen LogP contribution in [-0.2, 0) is 18.3 Å². The normalized spacial score (nSPS) is 12.8. The Bertz CT molecular complexity index is 557. The highest BCUT2D eigenvalue weighted by atomic mass is 16.1. The van der Waals surface area contributed by atoms with Crippen LogP contribution in [0.2, 0.25) is 0 Å². The second kappa shape index (κ2) is 5.36. The number of carbonyl (C=O) groups excluding carboxylic acids is 1. The van der Waals surface area contributed by atoms with Gasteiger partial charge < -0.3 is 9.88 Å². The highest BCUT2D eigenvalue weighted by molar-refractivity contribution is 5.87. The predicted molar refractivity (Wildman–Crippen MR) is 74.8 cm³/mol. The van der Waals surface area contributed by atoms with Gasteiger partial charge in [-0.3, -0.25) is 4.79 Å². The molecular formula is C15H20N2O. The number of aryl methyl sites for hydroxylation is 1. The van der Waals surface area contributed by atoms with E-state index in [1.807, 2.05) is 33.2 Å². The number of rotatable bonds is 5. The van der Waals surface area contributed by atoms with Crippen LogP contribution >= 0.6 is 0 Å². The molecule has 3 heteroatoms. The Kier molecular flexibility index (Phi) is 3.82. The number of ketones is 1. The van der Waals surface area contributed by atoms with Gasteiger partial charge in [-0.15, -0.1) is 0 Å². The molecule has 0 bridgehead atoms. The largest absolute Gasteiger partial charge is 0.350 e. The van der Waals surface area contributed by atoms with Gasteiger partial charge in [0.25, 0.3) is 0 Å². The third kappa shape index (κ3) is 2.31. The van der Waals surface area contributed by atoms with Gasteiger partial charge in [0.15, 0.2) is 0 Å². The van der Waals surface area contributed by atoms with Crippen molar-refractivity contribution in [3.05, 3.63) is 36.0 Å². The second-order valence-corrected chi connectivity index (χ2v) is 4.65. The first-order chi connectivity index (χ1) is 8.67. The Hall–Kier alpha value is -1.61. The number of carbonyl (C=O) groups is 1. The molecule has 1 atom stereocenters. The number of nitrogens with one attached hydrogen (secondary N) is 1. The number of benzene rings is 1. The Morgan fingerprint density at radius 3 is 2.78 bits per heavy atom. The van der Waals surface area contributed by atoms with Crippen LogP contribution in [-0.4, -0.2) is 23.4 Å². The number of para-hydroxylation sites is 1. The Labute approximate surface area is 108 Å². The first-order valence-corrected chi connectivity index (χ1v) is 6.40. The SMILES string of the molecule is CCC(=O)C(Cc1cn(C)c2ccccc12)NC. The van der Waals surface area contributed by atoms with Crippen molar-refractivity contribution in [2.45, 2.75) is 25.8 Å². The standard InChI is InChI=1S/C15H20N2O/c1-4-15(18)13(16-2)9-11-10-17(3)14-8-6-5-7-12(11)14/h5-8,10,13,16H,4,9H2,1-3H3. The minimum atomic E-state index is -0.0826. The summed E-state index contributed by atoms with van der Waals surface area (Å²) in [6, 6.07) is 8.23. The number of Topliss-reactive ketones (excluding diaryl/α,β-unsaturated/α-hetero) is 1. The summed E-state index contributed by atoms with van der Waals surface area (Å²) in [5.41, 5.74) is 2.44. The summed E-state index contributed by atoms with van der Waals surface area (Å²) < 4.78 is 2.12. The molecule has 1 heterocycles. The van der Waals surface area contributed by atoms with E-state index in [0.29, 0.717) is 6.42 Å². The molecule has 0 amide bonds. The summed E-state index contributed by atoms with van der Waals surface area (Å²) in [7, 11) is 3.89. The summed E-state index contributed by atoms with van der Waals surface area (Å²) >= 11 is 0. The second-order valence-electron chi connectivity index (χ2n) is 4.65. The van der Waals surface area contributed by atoms with Crippen molar-refractivity contribution in [3.63, 3.8) is 0 Å². The van der Waals surface area contributed by atoms with Gasteiger partial charge >= 0.3 is 0 Å². The lowest BCUT2D eigenvalue weighted by Gasteiger charge is -2.13. The van der Waals surface area contributed by atoms with Gasteiger partial charge in [-0.2, -0.15) is 0 Å². The fraction of sp³-hybridized carbons (Fsp3) is 0.400. The summed E-state index contributed by atoms with van der Waals surface area (Å²) in [5, 5.41) is 4.36. The number of likely N-dealkylation sites (N-methyl/N-ethyl adjacent to an activating group) is 1. The zero-order valence-corrected chi connectivity index (χ0v) is 11.2. The lowest BCUT2D eigenvalue weighted by atomic mass is 10.0. The highest BCUT2D eigenvalue weighted by Gasteiger charge is 2.17. The Morgan fingerprint density at radius 1 is 1.39 bits per heavy atom. The van der Waals surface area contributed by atoms with Gasteiger partial charge in [0.05, 0.1) is 6.04 Å². The molecule has 18 heavy (non-hydrogen) atoms. The molecule has 0 radical (unpaired) electrons. The van der Waals surface area contributed by atoms with Crippen molar-refractivity contribution in [1.29, 1.82) is 0 Å². The lowest BCUT2D eigenvalue weighted by molar-refractivity contribution is -0.120. The maximum Gasteiger partial charge on any atom is 0.149 e. The van der Waals surface area contributed by atoms with E-state index in [1.165, 1.54) is 16.5 Å². The summed E-state index contributed by atoms with van der Waals surface area (Å²) in [5.74, 6) is 0.269. The minimum absolute atomic E-state index is 0.0826. The molecule has 1 aromatic heterocycles. The molecule has 1 aromatic carbocycles. The molecule has 0 aliphatic heterocycles. The Morgan fingerprint density at radius 2 is 2.11 bits per heavy atom. The molecule has 0 aliphatic rings. The molecule has 0 saturated carbocycles. The molecule has 2 aromatic rings. The monoisotopic (exact) mass is 244 g/mol. The third-order valence-corrected chi connectivity index (χ3v) is 3.49. The first-order valence-electron chi connectivity index (χ1n) is 6.40. The van der Waals surface area contributed by atoms with Crippen LogP contribution in [0, 0.1) is 0 Å². The predicted octanol–water partition coefficient (Wildman–Crippen LogP) is 2.29. The maximum atomic E-state index is 11.8. The van der Waals surface area contributed by atoms with Gasteiger partial charge in [0, 0.05) is 30.6 Å². The van der Waals surface area contributed by atoms with Crippen LogP contribution in [0.1, 0.15) is 18.9 Å². The number of nitrogens with zero attached hydrogens (tertiary/aromatic N) is 1. The molecule has 0 aliphatic carbocycles. The first kappa shape index (κ1) is 12.8. The van der Waals surface area contributed by atoms with E-state index in [1.54, 1.807) is 0 Å². The summed E-state index contributed by atoms with van der Waals surface area (Å²) in [4.78, 5) is 11.8. The molecule has 1 N–H and O–H groups in total. The molecule has 0 saturated heterocycles. The van der Waals surface area contributed by atoms with Crippen molar-refractivity contribution in [3.8, 4) is 0 Å². The molecule has 0 fully saturated rings. The lowest BCUT2D eigenvalue weighted by Crippen LogP contribution is -2.35. The van der Waals surface area contributed by atoms with Gasteiger partial charge in [-0.25, -0.2) is 0 Å². The summed E-state index contributed by atoms with van der Waals surface area (Å²) in [6.07, 6.45) is 3.46.